The molecule has 4 amide bonds. The number of hydrogen-bond donors (Lipinski definition) is 0. The van der Waals surface area contributed by atoms with E-state index in [-0.39, 0.29) is 20.3 Å². The predicted molar refractivity (Wildman–Crippen MR) is 93.1 cm³/mol. The topological polar surface area (TPSA) is 74.8 Å². The molecular weight excluding hydrogens is 500 g/mol. The molecule has 0 bridgehead atoms. The molecule has 0 saturated carbocycles. The van der Waals surface area contributed by atoms with Crippen molar-refractivity contribution >= 4 is 82.8 Å². The molecular formula is C14H5Br3N2O4. The van der Waals surface area contributed by atoms with Crippen LogP contribution in [0.4, 0.5) is 11.4 Å². The van der Waals surface area contributed by atoms with Crippen LogP contribution < -0.4 is 9.80 Å². The Labute approximate surface area is 155 Å². The van der Waals surface area contributed by atoms with Gasteiger partial charge in [0.15, 0.2) is 0 Å². The molecule has 2 aliphatic heterocycles. The van der Waals surface area contributed by atoms with E-state index >= 15 is 0 Å². The molecule has 0 aliphatic carbocycles. The fourth-order valence-electron chi connectivity index (χ4n) is 2.19. The van der Waals surface area contributed by atoms with Crippen molar-refractivity contribution in [3.63, 3.8) is 0 Å². The molecule has 2 aliphatic rings. The zero-order valence-corrected chi connectivity index (χ0v) is 15.8. The van der Waals surface area contributed by atoms with Gasteiger partial charge in [-0.15, -0.1) is 0 Å². The van der Waals surface area contributed by atoms with Crippen molar-refractivity contribution in [1.82, 2.24) is 0 Å². The summed E-state index contributed by atoms with van der Waals surface area (Å²) in [5.74, 6) is -2.05. The number of carbonyl (C=O) groups excluding carboxylic acids is 4. The molecule has 0 fully saturated rings. The van der Waals surface area contributed by atoms with E-state index in [4.69, 9.17) is 0 Å². The van der Waals surface area contributed by atoms with Gasteiger partial charge in [-0.25, -0.2) is 9.80 Å². The fraction of sp³-hybridized carbons (Fsp3) is 0. The summed E-state index contributed by atoms with van der Waals surface area (Å²) >= 11 is 9.29. The summed E-state index contributed by atoms with van der Waals surface area (Å²) in [4.78, 5) is 49.9. The first-order valence-corrected chi connectivity index (χ1v) is 8.49. The highest BCUT2D eigenvalue weighted by Gasteiger charge is 2.34. The SMILES string of the molecule is O=C1C=C(Br)C(=O)N1c1cc(Br)cc(N2C(=O)C=C(Br)C2=O)c1. The van der Waals surface area contributed by atoms with Gasteiger partial charge in [0.25, 0.3) is 23.6 Å². The molecule has 0 atom stereocenters. The summed E-state index contributed by atoms with van der Waals surface area (Å²) in [5.41, 5.74) is 0.498. The third-order valence-electron chi connectivity index (χ3n) is 3.14. The second-order valence-electron chi connectivity index (χ2n) is 4.61. The van der Waals surface area contributed by atoms with Crippen LogP contribution in [0.15, 0.2) is 43.8 Å². The molecule has 1 aromatic rings. The lowest BCUT2D eigenvalue weighted by Gasteiger charge is -2.19. The highest BCUT2D eigenvalue weighted by Crippen LogP contribution is 2.34. The lowest BCUT2D eigenvalue weighted by molar-refractivity contribution is -0.121. The first kappa shape index (κ1) is 16.3. The Morgan fingerprint density at radius 2 is 1.04 bits per heavy atom. The van der Waals surface area contributed by atoms with Crippen molar-refractivity contribution in [2.75, 3.05) is 9.80 Å². The lowest BCUT2D eigenvalue weighted by atomic mass is 10.2. The number of rotatable bonds is 2. The van der Waals surface area contributed by atoms with Crippen molar-refractivity contribution in [3.05, 3.63) is 43.8 Å². The third kappa shape index (κ3) is 2.73. The minimum atomic E-state index is -0.516. The number of imide groups is 2. The van der Waals surface area contributed by atoms with Crippen LogP contribution in [-0.2, 0) is 19.2 Å². The van der Waals surface area contributed by atoms with E-state index in [9.17, 15) is 19.2 Å². The number of nitrogens with zero attached hydrogens (tertiary/aromatic N) is 2. The van der Waals surface area contributed by atoms with Crippen LogP contribution in [0.2, 0.25) is 0 Å². The molecule has 0 radical (unpaired) electrons. The Bertz CT molecular complexity index is 793. The van der Waals surface area contributed by atoms with Crippen molar-refractivity contribution < 1.29 is 19.2 Å². The maximum absolute atomic E-state index is 12.1. The van der Waals surface area contributed by atoms with Crippen LogP contribution in [0.3, 0.4) is 0 Å². The standard InChI is InChI=1S/C14H5Br3N2O4/c15-6-1-7(18-11(20)4-9(16)13(18)22)3-8(2-6)19-12(21)5-10(17)14(19)23/h1-5H. The molecule has 9 heteroatoms. The highest BCUT2D eigenvalue weighted by atomic mass is 79.9. The van der Waals surface area contributed by atoms with Gasteiger partial charge in [0, 0.05) is 16.6 Å². The van der Waals surface area contributed by atoms with Gasteiger partial charge in [-0.2, -0.15) is 0 Å². The Morgan fingerprint density at radius 3 is 1.35 bits per heavy atom. The Morgan fingerprint density at radius 1 is 0.652 bits per heavy atom. The normalized spacial score (nSPS) is 18.0. The zero-order chi connectivity index (χ0) is 16.9. The van der Waals surface area contributed by atoms with E-state index in [1.807, 2.05) is 0 Å². The van der Waals surface area contributed by atoms with Gasteiger partial charge in [0.05, 0.1) is 20.3 Å². The van der Waals surface area contributed by atoms with E-state index in [2.05, 4.69) is 47.8 Å². The number of halogens is 3. The molecule has 0 aromatic heterocycles. The molecule has 0 N–H and O–H groups in total. The zero-order valence-electron chi connectivity index (χ0n) is 11.0. The molecule has 0 unspecified atom stereocenters. The van der Waals surface area contributed by atoms with E-state index in [0.717, 1.165) is 22.0 Å². The summed E-state index contributed by atoms with van der Waals surface area (Å²) in [7, 11) is 0. The number of benzene rings is 1. The van der Waals surface area contributed by atoms with Crippen molar-refractivity contribution in [2.24, 2.45) is 0 Å². The number of amides is 4. The maximum atomic E-state index is 12.1. The first-order valence-electron chi connectivity index (χ1n) is 6.11. The third-order valence-corrected chi connectivity index (χ3v) is 4.73. The molecule has 0 saturated heterocycles. The van der Waals surface area contributed by atoms with E-state index in [1.54, 1.807) is 12.1 Å². The molecule has 2 heterocycles. The second kappa shape index (κ2) is 5.81. The molecule has 23 heavy (non-hydrogen) atoms. The monoisotopic (exact) mass is 502 g/mol. The summed E-state index contributed by atoms with van der Waals surface area (Å²) < 4.78 is 0.792. The predicted octanol–water partition coefficient (Wildman–Crippen LogP) is 2.75. The van der Waals surface area contributed by atoms with Gasteiger partial charge in [-0.05, 0) is 50.1 Å². The summed E-state index contributed by atoms with van der Waals surface area (Å²) in [5, 5.41) is 0. The van der Waals surface area contributed by atoms with Crippen molar-refractivity contribution in [1.29, 1.82) is 0 Å². The quantitative estimate of drug-likeness (QED) is 0.581. The largest absolute Gasteiger partial charge is 0.272 e. The molecule has 3 rings (SSSR count). The minimum Gasteiger partial charge on any atom is -0.269 e. The van der Waals surface area contributed by atoms with Gasteiger partial charge < -0.3 is 0 Å². The lowest BCUT2D eigenvalue weighted by Crippen LogP contribution is -2.32. The Balaban J connectivity index is 2.05. The summed E-state index contributed by atoms with van der Waals surface area (Å²) in [6.07, 6.45) is 2.32. The second-order valence-corrected chi connectivity index (χ2v) is 7.23. The number of anilines is 2. The minimum absolute atomic E-state index is 0.141. The van der Waals surface area contributed by atoms with E-state index in [0.29, 0.717) is 4.47 Å². The molecule has 1 aromatic carbocycles. The van der Waals surface area contributed by atoms with Crippen LogP contribution in [0.5, 0.6) is 0 Å². The van der Waals surface area contributed by atoms with Crippen LogP contribution in [0.25, 0.3) is 0 Å². The van der Waals surface area contributed by atoms with Crippen LogP contribution in [0.1, 0.15) is 0 Å². The summed E-state index contributed by atoms with van der Waals surface area (Å²) in [6, 6.07) is 4.52. The van der Waals surface area contributed by atoms with Gasteiger partial charge in [0.1, 0.15) is 0 Å². The Kier molecular flexibility index (Phi) is 4.11. The van der Waals surface area contributed by atoms with Crippen molar-refractivity contribution in [2.45, 2.75) is 0 Å². The van der Waals surface area contributed by atoms with Crippen molar-refractivity contribution in [3.8, 4) is 0 Å². The highest BCUT2D eigenvalue weighted by molar-refractivity contribution is 9.12. The molecule has 0 spiro atoms. The van der Waals surface area contributed by atoms with Gasteiger partial charge in [-0.3, -0.25) is 19.2 Å². The molecule has 6 nitrogen and oxygen atoms in total. The summed E-state index contributed by atoms with van der Waals surface area (Å²) in [6.45, 7) is 0. The maximum Gasteiger partial charge on any atom is 0.272 e. The van der Waals surface area contributed by atoms with Crippen LogP contribution in [0, 0.1) is 0 Å². The average Bonchev–Trinajstić information content (AvgIpc) is 2.85. The number of carbonyl (C=O) groups is 4. The fourth-order valence-corrected chi connectivity index (χ4v) is 3.40. The van der Waals surface area contributed by atoms with Crippen LogP contribution >= 0.6 is 47.8 Å². The van der Waals surface area contributed by atoms with E-state index < -0.39 is 23.6 Å². The smallest absolute Gasteiger partial charge is 0.269 e. The van der Waals surface area contributed by atoms with Crippen LogP contribution in [-0.4, -0.2) is 23.6 Å². The van der Waals surface area contributed by atoms with Gasteiger partial charge in [0.2, 0.25) is 0 Å². The molecule has 116 valence electrons. The number of hydrogen-bond acceptors (Lipinski definition) is 4. The van der Waals surface area contributed by atoms with Gasteiger partial charge in [-0.1, -0.05) is 15.9 Å². The van der Waals surface area contributed by atoms with E-state index in [1.165, 1.54) is 6.07 Å². The Hall–Kier alpha value is -1.58. The first-order chi connectivity index (χ1) is 10.8. The average molecular weight is 505 g/mol. The van der Waals surface area contributed by atoms with Gasteiger partial charge >= 0.3 is 0 Å².